The van der Waals surface area contributed by atoms with E-state index in [0.29, 0.717) is 29.6 Å². The van der Waals surface area contributed by atoms with Gasteiger partial charge in [-0.15, -0.1) is 0 Å². The molecule has 2 N–H and O–H groups in total. The Morgan fingerprint density at radius 1 is 0.900 bits per heavy atom. The zero-order valence-electron chi connectivity index (χ0n) is 15.8. The van der Waals surface area contributed by atoms with E-state index in [9.17, 15) is 13.6 Å². The summed E-state index contributed by atoms with van der Waals surface area (Å²) in [6, 6.07) is 16.2. The molecule has 1 amide bonds. The van der Waals surface area contributed by atoms with E-state index < -0.39 is 11.6 Å². The molecule has 0 bridgehead atoms. The number of nitrogens with zero attached hydrogens (tertiary/aromatic N) is 3. The first-order chi connectivity index (χ1) is 14.5. The average Bonchev–Trinajstić information content (AvgIpc) is 3.17. The Kier molecular flexibility index (Phi) is 4.17. The van der Waals surface area contributed by atoms with Gasteiger partial charge in [0, 0.05) is 18.5 Å². The number of hydrogen-bond donors (Lipinski definition) is 1. The summed E-state index contributed by atoms with van der Waals surface area (Å²) in [5, 5.41) is 0.394. The smallest absolute Gasteiger partial charge is 0.273 e. The molecule has 1 aliphatic heterocycles. The minimum atomic E-state index is -0.686. The normalized spacial score (nSPS) is 12.9. The van der Waals surface area contributed by atoms with Gasteiger partial charge >= 0.3 is 0 Å². The molecule has 7 heteroatoms. The summed E-state index contributed by atoms with van der Waals surface area (Å²) in [5.74, 6) is -1.72. The first-order valence-corrected chi connectivity index (χ1v) is 9.39. The molecule has 0 saturated carbocycles. The van der Waals surface area contributed by atoms with Crippen molar-refractivity contribution in [1.82, 2.24) is 14.9 Å². The van der Waals surface area contributed by atoms with Gasteiger partial charge in [-0.05, 0) is 41.0 Å². The van der Waals surface area contributed by atoms with Gasteiger partial charge in [-0.3, -0.25) is 4.79 Å². The van der Waals surface area contributed by atoms with Crippen molar-refractivity contribution in [3.8, 4) is 11.1 Å². The van der Waals surface area contributed by atoms with Crippen LogP contribution in [0.1, 0.15) is 21.6 Å². The maximum Gasteiger partial charge on any atom is 0.273 e. The zero-order chi connectivity index (χ0) is 20.8. The number of benzene rings is 3. The van der Waals surface area contributed by atoms with Crippen molar-refractivity contribution in [2.24, 2.45) is 0 Å². The minimum Gasteiger partial charge on any atom is -0.368 e. The SMILES string of the molecule is Nc1nc(C(=O)N2Cc3ccccc3C2)c2cc(-c3c(F)cccc3F)ccc2n1. The van der Waals surface area contributed by atoms with Crippen LogP contribution in [0, 0.1) is 11.6 Å². The lowest BCUT2D eigenvalue weighted by Gasteiger charge is -2.16. The highest BCUT2D eigenvalue weighted by molar-refractivity contribution is 6.05. The second-order valence-electron chi connectivity index (χ2n) is 7.19. The molecule has 0 unspecified atom stereocenters. The highest BCUT2D eigenvalue weighted by Crippen LogP contribution is 2.31. The van der Waals surface area contributed by atoms with Crippen molar-refractivity contribution in [2.75, 3.05) is 5.73 Å². The summed E-state index contributed by atoms with van der Waals surface area (Å²) in [6.45, 7) is 0.921. The number of fused-ring (bicyclic) bond motifs is 2. The fourth-order valence-corrected chi connectivity index (χ4v) is 3.87. The molecule has 0 aliphatic carbocycles. The van der Waals surface area contributed by atoms with Crippen molar-refractivity contribution in [3.05, 3.63) is 89.1 Å². The van der Waals surface area contributed by atoms with Crippen LogP contribution in [0.5, 0.6) is 0 Å². The van der Waals surface area contributed by atoms with Gasteiger partial charge in [-0.2, -0.15) is 0 Å². The maximum absolute atomic E-state index is 14.3. The first-order valence-electron chi connectivity index (χ1n) is 9.39. The molecule has 2 heterocycles. The monoisotopic (exact) mass is 402 g/mol. The van der Waals surface area contributed by atoms with E-state index in [2.05, 4.69) is 9.97 Å². The van der Waals surface area contributed by atoms with Gasteiger partial charge < -0.3 is 10.6 Å². The molecule has 0 saturated heterocycles. The first kappa shape index (κ1) is 18.2. The number of carbonyl (C=O) groups is 1. The third-order valence-electron chi connectivity index (χ3n) is 5.30. The Balaban J connectivity index is 1.62. The highest BCUT2D eigenvalue weighted by atomic mass is 19.1. The van der Waals surface area contributed by atoms with Gasteiger partial charge in [0.05, 0.1) is 11.1 Å². The van der Waals surface area contributed by atoms with Crippen molar-refractivity contribution in [2.45, 2.75) is 13.1 Å². The topological polar surface area (TPSA) is 72.1 Å². The number of aromatic nitrogens is 2. The number of nitrogens with two attached hydrogens (primary N) is 1. The van der Waals surface area contributed by atoms with E-state index in [1.807, 2.05) is 24.3 Å². The number of carbonyl (C=O) groups excluding carboxylic acids is 1. The molecule has 148 valence electrons. The number of halogens is 2. The lowest BCUT2D eigenvalue weighted by Crippen LogP contribution is -2.27. The zero-order valence-corrected chi connectivity index (χ0v) is 15.8. The third kappa shape index (κ3) is 2.95. The van der Waals surface area contributed by atoms with Gasteiger partial charge in [0.1, 0.15) is 17.3 Å². The maximum atomic E-state index is 14.3. The summed E-state index contributed by atoms with van der Waals surface area (Å²) >= 11 is 0. The molecule has 0 atom stereocenters. The van der Waals surface area contributed by atoms with E-state index in [1.54, 1.807) is 17.0 Å². The number of nitrogen functional groups attached to an aromatic ring is 1. The molecule has 1 aromatic heterocycles. The van der Waals surface area contributed by atoms with Crippen LogP contribution in [0.15, 0.2) is 60.7 Å². The van der Waals surface area contributed by atoms with Crippen LogP contribution in [-0.2, 0) is 13.1 Å². The second-order valence-corrected chi connectivity index (χ2v) is 7.19. The quantitative estimate of drug-likeness (QED) is 0.542. The van der Waals surface area contributed by atoms with Crippen LogP contribution in [0.25, 0.3) is 22.0 Å². The molecule has 0 radical (unpaired) electrons. The second kappa shape index (κ2) is 6.88. The predicted molar refractivity (Wildman–Crippen MR) is 109 cm³/mol. The van der Waals surface area contributed by atoms with E-state index in [1.165, 1.54) is 24.3 Å². The Hall–Kier alpha value is -3.87. The van der Waals surface area contributed by atoms with Crippen LogP contribution in [-0.4, -0.2) is 20.8 Å². The highest BCUT2D eigenvalue weighted by Gasteiger charge is 2.27. The lowest BCUT2D eigenvalue weighted by atomic mass is 10.0. The fourth-order valence-electron chi connectivity index (χ4n) is 3.87. The van der Waals surface area contributed by atoms with Gasteiger partial charge in [-0.1, -0.05) is 36.4 Å². The van der Waals surface area contributed by atoms with Crippen LogP contribution in [0.2, 0.25) is 0 Å². The number of anilines is 1. The van der Waals surface area contributed by atoms with Crippen LogP contribution in [0.4, 0.5) is 14.7 Å². The van der Waals surface area contributed by atoms with E-state index in [-0.39, 0.29) is 23.1 Å². The van der Waals surface area contributed by atoms with Crippen molar-refractivity contribution in [3.63, 3.8) is 0 Å². The average molecular weight is 402 g/mol. The number of rotatable bonds is 2. The minimum absolute atomic E-state index is 0.0348. The third-order valence-corrected chi connectivity index (χ3v) is 5.30. The standard InChI is InChI=1S/C23H16F2N4O/c24-17-6-3-7-18(25)20(17)13-8-9-19-16(10-13)21(28-23(26)27-19)22(30)29-11-14-4-1-2-5-15(14)12-29/h1-10H,11-12H2,(H2,26,27,28). The summed E-state index contributed by atoms with van der Waals surface area (Å²) in [5.41, 5.74) is 8.66. The summed E-state index contributed by atoms with van der Waals surface area (Å²) in [6.07, 6.45) is 0. The molecule has 3 aromatic carbocycles. The molecule has 5 rings (SSSR count). The Bertz CT molecular complexity index is 1280. The van der Waals surface area contributed by atoms with E-state index >= 15 is 0 Å². The lowest BCUT2D eigenvalue weighted by molar-refractivity contribution is 0.0747. The molecule has 4 aromatic rings. The molecule has 0 fully saturated rings. The summed E-state index contributed by atoms with van der Waals surface area (Å²) in [7, 11) is 0. The summed E-state index contributed by atoms with van der Waals surface area (Å²) < 4.78 is 28.6. The summed E-state index contributed by atoms with van der Waals surface area (Å²) in [4.78, 5) is 23.3. The van der Waals surface area contributed by atoms with E-state index in [4.69, 9.17) is 5.73 Å². The van der Waals surface area contributed by atoms with Crippen molar-refractivity contribution in [1.29, 1.82) is 0 Å². The fraction of sp³-hybridized carbons (Fsp3) is 0.0870. The Labute approximate surface area is 170 Å². The van der Waals surface area contributed by atoms with Gasteiger partial charge in [0.25, 0.3) is 5.91 Å². The van der Waals surface area contributed by atoms with Crippen LogP contribution < -0.4 is 5.73 Å². The van der Waals surface area contributed by atoms with Crippen molar-refractivity contribution >= 4 is 22.8 Å². The van der Waals surface area contributed by atoms with Gasteiger partial charge in [-0.25, -0.2) is 18.7 Å². The molecule has 5 nitrogen and oxygen atoms in total. The Morgan fingerprint density at radius 3 is 2.23 bits per heavy atom. The van der Waals surface area contributed by atoms with Crippen LogP contribution in [0.3, 0.4) is 0 Å². The van der Waals surface area contributed by atoms with E-state index in [0.717, 1.165) is 11.1 Å². The number of hydrogen-bond acceptors (Lipinski definition) is 4. The van der Waals surface area contributed by atoms with Crippen molar-refractivity contribution < 1.29 is 13.6 Å². The molecular weight excluding hydrogens is 386 g/mol. The molecular formula is C23H16F2N4O. The molecule has 0 spiro atoms. The van der Waals surface area contributed by atoms with Gasteiger partial charge in [0.15, 0.2) is 0 Å². The predicted octanol–water partition coefficient (Wildman–Crippen LogP) is 4.31. The van der Waals surface area contributed by atoms with Gasteiger partial charge in [0.2, 0.25) is 5.95 Å². The number of amides is 1. The molecule has 30 heavy (non-hydrogen) atoms. The molecule has 1 aliphatic rings. The van der Waals surface area contributed by atoms with Crippen LogP contribution >= 0.6 is 0 Å². The Morgan fingerprint density at radius 2 is 1.57 bits per heavy atom. The largest absolute Gasteiger partial charge is 0.368 e.